The van der Waals surface area contributed by atoms with Crippen LogP contribution in [0.1, 0.15) is 25.0 Å². The van der Waals surface area contributed by atoms with Gasteiger partial charge in [0, 0.05) is 5.39 Å². The molecule has 0 aliphatic heterocycles. The van der Waals surface area contributed by atoms with E-state index in [4.69, 9.17) is 5.73 Å². The van der Waals surface area contributed by atoms with Crippen molar-refractivity contribution in [2.45, 2.75) is 25.4 Å². The van der Waals surface area contributed by atoms with Crippen LogP contribution in [-0.4, -0.2) is 11.2 Å². The first-order chi connectivity index (χ1) is 8.74. The Labute approximate surface area is 105 Å². The third-order valence-electron chi connectivity index (χ3n) is 3.43. The molecule has 1 aromatic heterocycles. The fraction of sp³-hybridized carbons (Fsp3) is 0.267. The molecule has 1 atom stereocenters. The Bertz CT molecular complexity index is 619. The minimum Gasteiger partial charge on any atom is -0.397 e. The average molecular weight is 242 g/mol. The Morgan fingerprint density at radius 2 is 2.11 bits per heavy atom. The number of alkyl halides is 1. The van der Waals surface area contributed by atoms with Crippen LogP contribution in [0.4, 0.5) is 10.1 Å². The van der Waals surface area contributed by atoms with Crippen molar-refractivity contribution in [3.8, 4) is 0 Å². The molecule has 2 N–H and O–H groups in total. The molecule has 3 heteroatoms. The summed E-state index contributed by atoms with van der Waals surface area (Å²) in [7, 11) is 0. The molecule has 0 unspecified atom stereocenters. The second-order valence-corrected chi connectivity index (χ2v) is 4.72. The van der Waals surface area contributed by atoms with Crippen molar-refractivity contribution in [3.63, 3.8) is 0 Å². The third-order valence-corrected chi connectivity index (χ3v) is 3.43. The van der Waals surface area contributed by atoms with E-state index in [0.29, 0.717) is 18.5 Å². The molecule has 92 valence electrons. The van der Waals surface area contributed by atoms with Gasteiger partial charge in [-0.2, -0.15) is 0 Å². The van der Waals surface area contributed by atoms with E-state index in [-0.39, 0.29) is 0 Å². The van der Waals surface area contributed by atoms with E-state index in [9.17, 15) is 4.39 Å². The second kappa shape index (κ2) is 4.41. The SMILES string of the molecule is Nc1cccc2ccc(C3=CC[C@H](F)CC3)nc12. The van der Waals surface area contributed by atoms with Gasteiger partial charge in [0.2, 0.25) is 0 Å². The minimum absolute atomic E-state index is 0.499. The molecule has 0 amide bonds. The average Bonchev–Trinajstić information content (AvgIpc) is 2.40. The second-order valence-electron chi connectivity index (χ2n) is 4.72. The van der Waals surface area contributed by atoms with Crippen molar-refractivity contribution in [2.75, 3.05) is 5.73 Å². The zero-order valence-electron chi connectivity index (χ0n) is 10.1. The van der Waals surface area contributed by atoms with Gasteiger partial charge in [-0.05, 0) is 37.0 Å². The number of aromatic nitrogens is 1. The van der Waals surface area contributed by atoms with Gasteiger partial charge in [0.25, 0.3) is 0 Å². The van der Waals surface area contributed by atoms with Crippen LogP contribution in [0.5, 0.6) is 0 Å². The number of pyridine rings is 1. The van der Waals surface area contributed by atoms with Gasteiger partial charge < -0.3 is 5.73 Å². The van der Waals surface area contributed by atoms with Gasteiger partial charge in [-0.15, -0.1) is 0 Å². The molecule has 1 aliphatic carbocycles. The van der Waals surface area contributed by atoms with E-state index >= 15 is 0 Å². The molecule has 1 aliphatic rings. The van der Waals surface area contributed by atoms with E-state index in [1.807, 2.05) is 36.4 Å². The van der Waals surface area contributed by atoms with Crippen LogP contribution in [0.3, 0.4) is 0 Å². The lowest BCUT2D eigenvalue weighted by molar-refractivity contribution is 0.314. The Balaban J connectivity index is 2.06. The lowest BCUT2D eigenvalue weighted by Gasteiger charge is -2.16. The molecule has 0 fully saturated rings. The summed E-state index contributed by atoms with van der Waals surface area (Å²) in [6.45, 7) is 0. The molecule has 0 spiro atoms. The van der Waals surface area contributed by atoms with E-state index in [2.05, 4.69) is 4.98 Å². The van der Waals surface area contributed by atoms with Gasteiger partial charge in [0.05, 0.1) is 16.9 Å². The molecule has 18 heavy (non-hydrogen) atoms. The van der Waals surface area contributed by atoms with Crippen molar-refractivity contribution in [3.05, 3.63) is 42.1 Å². The van der Waals surface area contributed by atoms with Crippen LogP contribution in [0.25, 0.3) is 16.5 Å². The predicted octanol–water partition coefficient (Wildman–Crippen LogP) is 3.72. The molecular weight excluding hydrogens is 227 g/mol. The Kier molecular flexibility index (Phi) is 2.74. The molecular formula is C15H15FN2. The number of nitrogen functional groups attached to an aromatic ring is 1. The number of halogens is 1. The maximum Gasteiger partial charge on any atom is 0.104 e. The van der Waals surface area contributed by atoms with Gasteiger partial charge in [0.1, 0.15) is 6.17 Å². The van der Waals surface area contributed by atoms with Crippen LogP contribution in [0.2, 0.25) is 0 Å². The highest BCUT2D eigenvalue weighted by molar-refractivity contribution is 5.90. The van der Waals surface area contributed by atoms with Crippen LogP contribution in [0, 0.1) is 0 Å². The molecule has 1 heterocycles. The normalized spacial score (nSPS) is 19.8. The monoisotopic (exact) mass is 242 g/mol. The number of rotatable bonds is 1. The zero-order chi connectivity index (χ0) is 12.5. The number of para-hydroxylation sites is 1. The molecule has 0 radical (unpaired) electrons. The number of anilines is 1. The number of hydrogen-bond donors (Lipinski definition) is 1. The van der Waals surface area contributed by atoms with Gasteiger partial charge in [-0.25, -0.2) is 9.37 Å². The summed E-state index contributed by atoms with van der Waals surface area (Å²) in [6.07, 6.45) is 3.11. The molecule has 0 saturated carbocycles. The van der Waals surface area contributed by atoms with Gasteiger partial charge in [0.15, 0.2) is 0 Å². The maximum atomic E-state index is 13.1. The number of hydrogen-bond acceptors (Lipinski definition) is 2. The lowest BCUT2D eigenvalue weighted by Crippen LogP contribution is -2.05. The number of fused-ring (bicyclic) bond motifs is 1. The van der Waals surface area contributed by atoms with E-state index in [1.54, 1.807) is 0 Å². The van der Waals surface area contributed by atoms with Crippen molar-refractivity contribution < 1.29 is 4.39 Å². The van der Waals surface area contributed by atoms with Crippen LogP contribution < -0.4 is 5.73 Å². The van der Waals surface area contributed by atoms with Crippen molar-refractivity contribution in [1.82, 2.24) is 4.98 Å². The minimum atomic E-state index is -0.695. The third kappa shape index (κ3) is 1.96. The van der Waals surface area contributed by atoms with Gasteiger partial charge >= 0.3 is 0 Å². The molecule has 1 aromatic carbocycles. The van der Waals surface area contributed by atoms with Crippen molar-refractivity contribution in [1.29, 1.82) is 0 Å². The largest absolute Gasteiger partial charge is 0.397 e. The summed E-state index contributed by atoms with van der Waals surface area (Å²) in [4.78, 5) is 4.61. The Hall–Kier alpha value is -1.90. The fourth-order valence-corrected chi connectivity index (χ4v) is 2.38. The first-order valence-corrected chi connectivity index (χ1v) is 6.23. The highest BCUT2D eigenvalue weighted by Crippen LogP contribution is 2.29. The molecule has 2 aromatic rings. The first-order valence-electron chi connectivity index (χ1n) is 6.23. The summed E-state index contributed by atoms with van der Waals surface area (Å²) in [5, 5.41) is 1.04. The Morgan fingerprint density at radius 3 is 2.89 bits per heavy atom. The molecule has 0 bridgehead atoms. The molecule has 2 nitrogen and oxygen atoms in total. The maximum absolute atomic E-state index is 13.1. The number of nitrogens with two attached hydrogens (primary N) is 1. The Morgan fingerprint density at radius 1 is 1.22 bits per heavy atom. The van der Waals surface area contributed by atoms with Gasteiger partial charge in [-0.3, -0.25) is 0 Å². The number of benzene rings is 1. The van der Waals surface area contributed by atoms with Crippen LogP contribution in [-0.2, 0) is 0 Å². The van der Waals surface area contributed by atoms with Crippen LogP contribution in [0.15, 0.2) is 36.4 Å². The fourth-order valence-electron chi connectivity index (χ4n) is 2.38. The predicted molar refractivity (Wildman–Crippen MR) is 72.9 cm³/mol. The van der Waals surface area contributed by atoms with Crippen LogP contribution >= 0.6 is 0 Å². The topological polar surface area (TPSA) is 38.9 Å². The summed E-state index contributed by atoms with van der Waals surface area (Å²) in [5.41, 5.74) is 9.51. The highest BCUT2D eigenvalue weighted by Gasteiger charge is 2.15. The quantitative estimate of drug-likeness (QED) is 0.774. The number of allylic oxidation sites excluding steroid dienone is 2. The standard InChI is InChI=1S/C15H15FN2/c16-12-7-4-10(5-8-12)14-9-6-11-2-1-3-13(17)15(11)18-14/h1-4,6,9,12H,5,7-8,17H2/t12-/m0/s1. The summed E-state index contributed by atoms with van der Waals surface area (Å²) in [6, 6.07) is 9.79. The van der Waals surface area contributed by atoms with Crippen molar-refractivity contribution in [2.24, 2.45) is 0 Å². The summed E-state index contributed by atoms with van der Waals surface area (Å²) >= 11 is 0. The summed E-state index contributed by atoms with van der Waals surface area (Å²) < 4.78 is 13.1. The van der Waals surface area contributed by atoms with E-state index < -0.39 is 6.17 Å². The lowest BCUT2D eigenvalue weighted by atomic mass is 9.95. The van der Waals surface area contributed by atoms with E-state index in [1.165, 1.54) is 0 Å². The molecule has 3 rings (SSSR count). The number of nitrogens with zero attached hydrogens (tertiary/aromatic N) is 1. The highest BCUT2D eigenvalue weighted by atomic mass is 19.1. The molecule has 0 saturated heterocycles. The van der Waals surface area contributed by atoms with Gasteiger partial charge in [-0.1, -0.05) is 24.3 Å². The summed E-state index contributed by atoms with van der Waals surface area (Å²) in [5.74, 6) is 0. The zero-order valence-corrected chi connectivity index (χ0v) is 10.1. The smallest absolute Gasteiger partial charge is 0.104 e. The van der Waals surface area contributed by atoms with E-state index in [0.717, 1.165) is 28.6 Å². The first kappa shape index (κ1) is 11.2. The van der Waals surface area contributed by atoms with Crippen molar-refractivity contribution >= 4 is 22.2 Å².